The van der Waals surface area contributed by atoms with Gasteiger partial charge in [0.1, 0.15) is 22.8 Å². The summed E-state index contributed by atoms with van der Waals surface area (Å²) < 4.78 is 0. The summed E-state index contributed by atoms with van der Waals surface area (Å²) in [5, 5.41) is 35.5. The van der Waals surface area contributed by atoms with Gasteiger partial charge in [0.2, 0.25) is 0 Å². The van der Waals surface area contributed by atoms with Crippen LogP contribution < -0.4 is 31.9 Å². The molecule has 14 heterocycles. The first kappa shape index (κ1) is 119. The van der Waals surface area contributed by atoms with Gasteiger partial charge in [-0.15, -0.1) is 10.2 Å². The van der Waals surface area contributed by atoms with Gasteiger partial charge >= 0.3 is 0 Å². The first-order valence-corrected chi connectivity index (χ1v) is 52.9. The number of carbonyl (C=O) groups is 7. The van der Waals surface area contributed by atoms with Crippen molar-refractivity contribution in [1.29, 1.82) is 0 Å². The molecule has 1 unspecified atom stereocenters. The van der Waals surface area contributed by atoms with E-state index >= 15 is 0 Å². The Morgan fingerprint density at radius 1 is 0.357 bits per heavy atom. The lowest BCUT2D eigenvalue weighted by molar-refractivity contribution is 0.0785. The van der Waals surface area contributed by atoms with Gasteiger partial charge in [-0.3, -0.25) is 48.4 Å². The third kappa shape index (κ3) is 37.3. The topological polar surface area (TPSA) is 356 Å². The van der Waals surface area contributed by atoms with E-state index in [1.54, 1.807) is 68.2 Å². The molecule has 788 valence electrons. The highest BCUT2D eigenvalue weighted by Crippen LogP contribution is 2.33. The smallest absolute Gasteiger partial charge is 0.273 e. The zero-order valence-electron chi connectivity index (χ0n) is 91.2. The minimum atomic E-state index is -0.239. The van der Waals surface area contributed by atoms with Gasteiger partial charge in [-0.1, -0.05) is 40.9 Å². The van der Waals surface area contributed by atoms with E-state index in [-0.39, 0.29) is 90.8 Å². The van der Waals surface area contributed by atoms with E-state index in [2.05, 4.69) is 267 Å². The number of aryl methyl sites for hydroxylation is 7. The molecule has 143 heavy (non-hydrogen) atoms. The largest absolute Gasteiger partial charge is 0.345 e. The predicted molar refractivity (Wildman–Crippen MR) is 573 cm³/mol. The van der Waals surface area contributed by atoms with Gasteiger partial charge in [-0.2, -0.15) is 10.2 Å². The summed E-state index contributed by atoms with van der Waals surface area (Å²) in [7, 11) is 0. The number of Topliss-reactive ketones (excluding diaryl/α,β-unsaturated/α-hetero) is 1. The summed E-state index contributed by atoms with van der Waals surface area (Å²) in [6, 6.07) is 19.5. The normalized spacial score (nSPS) is 19.1. The van der Waals surface area contributed by atoms with E-state index in [1.807, 2.05) is 65.8 Å². The van der Waals surface area contributed by atoms with Gasteiger partial charge < -0.3 is 61.3 Å². The number of piperidine rings is 6. The highest BCUT2D eigenvalue weighted by Gasteiger charge is 2.41. The second-order valence-corrected chi connectivity index (χ2v) is 45.8. The standard InChI is InChI=1S/C17H27N3O.C16H23ClN2O.C16H26N4O.C15H23ClN4O.C15H22ClN3O.2C15H24N4O/c1-12(2)20-10-8-17(5,9-11-20)19-16(21)15-13(3)6-7-14(4)18-15;1-16(2,3)19-10-8-12(11-19)6-7-14(20)15-13(17)5-4-9-18-15;1-11(2)20-8-6-16(5,7-9-20)19-15(21)14-13(4)17-10-12(3)18-14;1-10(2)20-7-5-15(4,6-8-20)19-14(21)12-13(16)17-9-11(3)18-12;1-11(2)19-9-6-15(3,7-10-19)18-14(20)13-12(16)5-4-8-17-13;1-11(2)19-9-6-15(4,7-10-19)17-14(20)13-12(3)5-8-16-18-13;1-11(2)19-9-7-15(4,8-10-19)16-14(20)13-6-5-12(3)17-18-13/h6-7,12H,8-11H2,1-5H3,(H,19,21);4-5,9,12H,6-8,10-11H2,1-3H3;10-11H,6-9H2,1-5H3,(H,19,21);9-10H,5-8H2,1-4H3,(H,19,21);4-5,8,11H,6-7,9-10H2,1-3H3,(H,18,20);5,8,11H,6-7,9-10H2,1-4H3,(H,17,20);5-6,11H,7-10H2,1-4H3,(H,16,20). The van der Waals surface area contributed by atoms with Crippen molar-refractivity contribution in [3.05, 3.63) is 180 Å². The number of hydrogen-bond donors (Lipinski definition) is 6. The average molecular weight is 2030 g/mol. The first-order valence-electron chi connectivity index (χ1n) is 51.7. The number of carbonyl (C=O) groups excluding carboxylic acids is 7. The quantitative estimate of drug-likeness (QED) is 0.0343. The number of aromatic nitrogens is 11. The van der Waals surface area contributed by atoms with Crippen LogP contribution in [0.25, 0.3) is 0 Å². The predicted octanol–water partition coefficient (Wildman–Crippen LogP) is 17.3. The minimum absolute atomic E-state index is 0.0447. The van der Waals surface area contributed by atoms with Crippen molar-refractivity contribution < 1.29 is 33.6 Å². The van der Waals surface area contributed by atoms with Crippen LogP contribution in [0.3, 0.4) is 0 Å². The second kappa shape index (κ2) is 54.0. The third-order valence-corrected chi connectivity index (χ3v) is 30.2. The van der Waals surface area contributed by atoms with E-state index < -0.39 is 0 Å². The molecule has 7 aliphatic rings. The van der Waals surface area contributed by atoms with Crippen molar-refractivity contribution in [2.24, 2.45) is 5.92 Å². The van der Waals surface area contributed by atoms with Crippen LogP contribution in [0.4, 0.5) is 0 Å². The molecule has 31 nitrogen and oxygen atoms in total. The van der Waals surface area contributed by atoms with Crippen molar-refractivity contribution in [2.45, 2.75) is 365 Å². The SMILES string of the molecule is CC(C)(C)N1CCC(CCC(=O)c2ncccc2Cl)C1.CC(C)N1CCC(C)(NC(=O)c2ncccc2Cl)CC1.Cc1ccc(C(=O)NC2(C)CCN(C(C)C)CC2)nn1.Cc1ccc(C)c(C(=O)NC2(C)CCN(C(C)C)CC2)n1.Cc1ccnnc1C(=O)NC1(C)CCN(C(C)C)CC1.Cc1cnc(C)c(C(=O)NC2(C)CCN(C(C)C)CC2)n1.Cc1cnc(Cl)c(C(=O)NC2(C)CCN(C(C)C)CC2)n1. The van der Waals surface area contributed by atoms with Gasteiger partial charge in [0.05, 0.1) is 32.8 Å². The van der Waals surface area contributed by atoms with Crippen molar-refractivity contribution in [3.8, 4) is 0 Å². The van der Waals surface area contributed by atoms with Crippen LogP contribution in [0.2, 0.25) is 15.2 Å². The number of amides is 6. The molecule has 34 heteroatoms. The Morgan fingerprint density at radius 3 is 1.06 bits per heavy atom. The lowest BCUT2D eigenvalue weighted by atomic mass is 9.88. The van der Waals surface area contributed by atoms with Crippen LogP contribution >= 0.6 is 34.8 Å². The molecule has 7 aromatic heterocycles. The fraction of sp³-hybridized carbons (Fsp3) is 0.651. The molecular formula is C109H169Cl3N24O7. The lowest BCUT2D eigenvalue weighted by Gasteiger charge is -2.41. The Morgan fingerprint density at radius 2 is 0.692 bits per heavy atom. The van der Waals surface area contributed by atoms with E-state index in [4.69, 9.17) is 34.8 Å². The van der Waals surface area contributed by atoms with Crippen LogP contribution in [0.5, 0.6) is 0 Å². The van der Waals surface area contributed by atoms with Crippen LogP contribution in [0.15, 0.2) is 85.6 Å². The van der Waals surface area contributed by atoms with Gasteiger partial charge in [-0.25, -0.2) is 24.9 Å². The lowest BCUT2D eigenvalue weighted by Crippen LogP contribution is -2.54. The van der Waals surface area contributed by atoms with Crippen molar-refractivity contribution in [2.75, 3.05) is 91.6 Å². The average Bonchev–Trinajstić information content (AvgIpc) is 1.26. The summed E-state index contributed by atoms with van der Waals surface area (Å²) in [5.41, 5.74) is 7.66. The monoisotopic (exact) mass is 2030 g/mol. The number of nitrogens with one attached hydrogen (secondary N) is 6. The van der Waals surface area contributed by atoms with Gasteiger partial charge in [0.25, 0.3) is 35.4 Å². The molecule has 1 atom stereocenters. The van der Waals surface area contributed by atoms with E-state index in [1.165, 1.54) is 6.42 Å². The fourth-order valence-corrected chi connectivity index (χ4v) is 19.2. The molecule has 6 amide bonds. The molecule has 0 aromatic carbocycles. The zero-order chi connectivity index (χ0) is 106. The number of pyridine rings is 3. The molecule has 6 N–H and O–H groups in total. The van der Waals surface area contributed by atoms with Crippen molar-refractivity contribution >= 4 is 76.0 Å². The first-order chi connectivity index (χ1) is 67.0. The van der Waals surface area contributed by atoms with Crippen molar-refractivity contribution in [3.63, 3.8) is 0 Å². The Kier molecular flexibility index (Phi) is 44.9. The number of likely N-dealkylation sites (tertiary alicyclic amines) is 7. The molecule has 7 aromatic rings. The molecule has 0 spiro atoms. The van der Waals surface area contributed by atoms with Crippen LogP contribution in [0.1, 0.15) is 355 Å². The molecule has 0 aliphatic carbocycles. The van der Waals surface area contributed by atoms with Gasteiger partial charge in [0.15, 0.2) is 28.0 Å². The Bertz CT molecular complexity index is 4960. The molecule has 7 saturated heterocycles. The number of ketones is 1. The highest BCUT2D eigenvalue weighted by atomic mass is 35.5. The van der Waals surface area contributed by atoms with E-state index in [0.717, 1.165) is 203 Å². The van der Waals surface area contributed by atoms with Crippen molar-refractivity contribution in [1.82, 2.24) is 121 Å². The van der Waals surface area contributed by atoms with Gasteiger partial charge in [-0.05, 0) is 356 Å². The fourth-order valence-electron chi connectivity index (χ4n) is 18.6. The molecule has 14 rings (SSSR count). The molecule has 0 radical (unpaired) electrons. The van der Waals surface area contributed by atoms with Crippen LogP contribution in [0, 0.1) is 54.4 Å². The van der Waals surface area contributed by atoms with E-state index in [9.17, 15) is 33.6 Å². The number of halogens is 3. The molecule has 7 aliphatic heterocycles. The van der Waals surface area contributed by atoms with Crippen LogP contribution in [-0.2, 0) is 0 Å². The number of hydrogen-bond acceptors (Lipinski definition) is 25. The summed E-state index contributed by atoms with van der Waals surface area (Å²) in [6.07, 6.45) is 22.2. The summed E-state index contributed by atoms with van der Waals surface area (Å²) in [4.78, 5) is 133. The molecule has 7 fully saturated rings. The zero-order valence-corrected chi connectivity index (χ0v) is 93.4. The maximum Gasteiger partial charge on any atom is 0.273 e. The molecule has 0 saturated carbocycles. The number of nitrogens with zero attached hydrogens (tertiary/aromatic N) is 18. The van der Waals surface area contributed by atoms with Crippen LogP contribution in [-0.4, -0.2) is 297 Å². The third-order valence-electron chi connectivity index (χ3n) is 29.3. The molecular weight excluding hydrogens is 1860 g/mol. The van der Waals surface area contributed by atoms with E-state index in [0.29, 0.717) is 104 Å². The Balaban J connectivity index is 0.000000204. The number of rotatable bonds is 22. The minimum Gasteiger partial charge on any atom is -0.345 e. The Hall–Kier alpha value is -9.15. The Labute approximate surface area is 868 Å². The van der Waals surface area contributed by atoms with Gasteiger partial charge in [0, 0.05) is 203 Å². The second-order valence-electron chi connectivity index (χ2n) is 44.6. The summed E-state index contributed by atoms with van der Waals surface area (Å²) in [6.45, 7) is 73.4. The maximum atomic E-state index is 12.5. The summed E-state index contributed by atoms with van der Waals surface area (Å²) in [5.74, 6) is -0.145. The maximum absolute atomic E-state index is 12.5. The molecule has 0 bridgehead atoms. The summed E-state index contributed by atoms with van der Waals surface area (Å²) >= 11 is 18.0. The highest BCUT2D eigenvalue weighted by molar-refractivity contribution is 6.34.